The van der Waals surface area contributed by atoms with Crippen molar-refractivity contribution < 1.29 is 14.6 Å². The lowest BCUT2D eigenvalue weighted by Gasteiger charge is -2.09. The summed E-state index contributed by atoms with van der Waals surface area (Å²) in [6.45, 7) is 0.0491. The lowest BCUT2D eigenvalue weighted by molar-refractivity contribution is 0.0692. The zero-order chi connectivity index (χ0) is 11.4. The van der Waals surface area contributed by atoms with Crippen LogP contribution in [0.3, 0.4) is 0 Å². The lowest BCUT2D eigenvalue weighted by atomic mass is 10.0. The van der Waals surface area contributed by atoms with E-state index in [0.717, 1.165) is 0 Å². The van der Waals surface area contributed by atoms with Gasteiger partial charge in [0.1, 0.15) is 11.3 Å². The fraction of sp³-hybridized carbons (Fsp3) is 0.200. The average molecular weight is 206 g/mol. The van der Waals surface area contributed by atoms with Gasteiger partial charge in [0.15, 0.2) is 0 Å². The van der Waals surface area contributed by atoms with Crippen LogP contribution in [0.1, 0.15) is 21.5 Å². The molecule has 0 aromatic heterocycles. The molecule has 0 unspecified atom stereocenters. The minimum absolute atomic E-state index is 0.0130. The lowest BCUT2D eigenvalue weighted by Crippen LogP contribution is -2.09. The third-order valence-electron chi connectivity index (χ3n) is 1.97. The molecule has 0 atom stereocenters. The van der Waals surface area contributed by atoms with Crippen LogP contribution in [0.2, 0.25) is 0 Å². The molecule has 0 aliphatic heterocycles. The van der Waals surface area contributed by atoms with Crippen molar-refractivity contribution in [3.8, 4) is 11.8 Å². The van der Waals surface area contributed by atoms with Crippen LogP contribution >= 0.6 is 0 Å². The van der Waals surface area contributed by atoms with Gasteiger partial charge >= 0.3 is 5.97 Å². The van der Waals surface area contributed by atoms with Crippen molar-refractivity contribution in [1.29, 1.82) is 5.26 Å². The van der Waals surface area contributed by atoms with Gasteiger partial charge < -0.3 is 15.6 Å². The second kappa shape index (κ2) is 4.44. The molecule has 5 heteroatoms. The van der Waals surface area contributed by atoms with Gasteiger partial charge in [-0.25, -0.2) is 4.79 Å². The fourth-order valence-electron chi connectivity index (χ4n) is 1.30. The van der Waals surface area contributed by atoms with Crippen LogP contribution in [0.4, 0.5) is 0 Å². The summed E-state index contributed by atoms with van der Waals surface area (Å²) in [6, 6.07) is 4.74. The van der Waals surface area contributed by atoms with E-state index in [1.165, 1.54) is 19.2 Å². The Labute approximate surface area is 86.7 Å². The summed E-state index contributed by atoms with van der Waals surface area (Å²) in [6.07, 6.45) is 0. The second-order valence-electron chi connectivity index (χ2n) is 2.83. The molecule has 1 aromatic rings. The standard InChI is InChI=1S/C10H10N2O3/c1-15-8-3-6(4-11)2-7(5-12)9(8)10(13)14/h2-3H,5,12H2,1H3,(H,13,14). The van der Waals surface area contributed by atoms with Gasteiger partial charge in [0.2, 0.25) is 0 Å². The van der Waals surface area contributed by atoms with E-state index in [-0.39, 0.29) is 17.9 Å². The average Bonchev–Trinajstić information content (AvgIpc) is 2.26. The molecule has 0 amide bonds. The van der Waals surface area contributed by atoms with Crippen molar-refractivity contribution in [2.45, 2.75) is 6.54 Å². The van der Waals surface area contributed by atoms with E-state index in [0.29, 0.717) is 11.1 Å². The molecule has 0 heterocycles. The number of methoxy groups -OCH3 is 1. The van der Waals surface area contributed by atoms with Crippen LogP contribution in [-0.4, -0.2) is 18.2 Å². The molecular weight excluding hydrogens is 196 g/mol. The van der Waals surface area contributed by atoms with Crippen molar-refractivity contribution in [2.24, 2.45) is 5.73 Å². The third kappa shape index (κ3) is 2.06. The minimum Gasteiger partial charge on any atom is -0.496 e. The molecule has 0 aliphatic rings. The van der Waals surface area contributed by atoms with Crippen LogP contribution in [-0.2, 0) is 6.54 Å². The molecule has 0 saturated heterocycles. The van der Waals surface area contributed by atoms with Crippen LogP contribution in [0.5, 0.6) is 5.75 Å². The zero-order valence-electron chi connectivity index (χ0n) is 8.15. The summed E-state index contributed by atoms with van der Waals surface area (Å²) >= 11 is 0. The molecule has 1 rings (SSSR count). The van der Waals surface area contributed by atoms with Crippen molar-refractivity contribution >= 4 is 5.97 Å². The molecule has 0 aliphatic carbocycles. The highest BCUT2D eigenvalue weighted by molar-refractivity contribution is 5.93. The number of hydrogen-bond donors (Lipinski definition) is 2. The van der Waals surface area contributed by atoms with Gasteiger partial charge in [0.05, 0.1) is 18.7 Å². The Hall–Kier alpha value is -2.06. The summed E-state index contributed by atoms with van der Waals surface area (Å²) in [5.41, 5.74) is 6.14. The van der Waals surface area contributed by atoms with Crippen LogP contribution in [0, 0.1) is 11.3 Å². The number of hydrogen-bond acceptors (Lipinski definition) is 4. The Morgan fingerprint density at radius 3 is 2.73 bits per heavy atom. The zero-order valence-corrected chi connectivity index (χ0v) is 8.15. The maximum Gasteiger partial charge on any atom is 0.339 e. The molecule has 0 saturated carbocycles. The SMILES string of the molecule is COc1cc(C#N)cc(CN)c1C(=O)O. The maximum absolute atomic E-state index is 10.9. The van der Waals surface area contributed by atoms with Crippen LogP contribution in [0.25, 0.3) is 0 Å². The number of benzene rings is 1. The number of nitrogens with zero attached hydrogens (tertiary/aromatic N) is 1. The number of nitrogens with two attached hydrogens (primary N) is 1. The normalized spacial score (nSPS) is 9.40. The first-order valence-corrected chi connectivity index (χ1v) is 4.18. The fourth-order valence-corrected chi connectivity index (χ4v) is 1.30. The first-order chi connectivity index (χ1) is 7.13. The van der Waals surface area contributed by atoms with E-state index in [1.54, 1.807) is 0 Å². The topological polar surface area (TPSA) is 96.3 Å². The van der Waals surface area contributed by atoms with Gasteiger partial charge in [-0.2, -0.15) is 5.26 Å². The smallest absolute Gasteiger partial charge is 0.339 e. The molecule has 5 nitrogen and oxygen atoms in total. The predicted octanol–water partition coefficient (Wildman–Crippen LogP) is 0.724. The number of carboxylic acids is 1. The molecule has 3 N–H and O–H groups in total. The second-order valence-corrected chi connectivity index (χ2v) is 2.83. The Bertz CT molecular complexity index is 410. The summed E-state index contributed by atoms with van der Waals surface area (Å²) in [5, 5.41) is 17.7. The highest BCUT2D eigenvalue weighted by Crippen LogP contribution is 2.24. The van der Waals surface area contributed by atoms with E-state index in [9.17, 15) is 4.79 Å². The number of ether oxygens (including phenoxy) is 1. The van der Waals surface area contributed by atoms with Gasteiger partial charge in [0, 0.05) is 6.54 Å². The van der Waals surface area contributed by atoms with E-state index >= 15 is 0 Å². The Balaban J connectivity index is 3.48. The first kappa shape index (κ1) is 11.0. The van der Waals surface area contributed by atoms with E-state index in [2.05, 4.69) is 0 Å². The molecule has 78 valence electrons. The highest BCUT2D eigenvalue weighted by atomic mass is 16.5. The number of carbonyl (C=O) groups is 1. The minimum atomic E-state index is -1.11. The summed E-state index contributed by atoms with van der Waals surface area (Å²) in [7, 11) is 1.35. The van der Waals surface area contributed by atoms with Crippen molar-refractivity contribution in [1.82, 2.24) is 0 Å². The first-order valence-electron chi connectivity index (χ1n) is 4.18. The predicted molar refractivity (Wildman–Crippen MR) is 52.6 cm³/mol. The quantitative estimate of drug-likeness (QED) is 0.759. The Morgan fingerprint density at radius 1 is 1.67 bits per heavy atom. The molecule has 15 heavy (non-hydrogen) atoms. The molecule has 1 aromatic carbocycles. The number of carboxylic acid groups (broad SMARTS) is 1. The monoisotopic (exact) mass is 206 g/mol. The Morgan fingerprint density at radius 2 is 2.33 bits per heavy atom. The number of rotatable bonds is 3. The Kier molecular flexibility index (Phi) is 3.26. The highest BCUT2D eigenvalue weighted by Gasteiger charge is 2.16. The third-order valence-corrected chi connectivity index (χ3v) is 1.97. The summed E-state index contributed by atoms with van der Waals surface area (Å²) in [4.78, 5) is 10.9. The van der Waals surface area contributed by atoms with Gasteiger partial charge in [-0.3, -0.25) is 0 Å². The van der Waals surface area contributed by atoms with E-state index in [1.807, 2.05) is 6.07 Å². The molecule has 0 radical (unpaired) electrons. The van der Waals surface area contributed by atoms with Crippen molar-refractivity contribution in [3.05, 3.63) is 28.8 Å². The van der Waals surface area contributed by atoms with Crippen molar-refractivity contribution in [2.75, 3.05) is 7.11 Å². The number of nitriles is 1. The summed E-state index contributed by atoms with van der Waals surface area (Å²) < 4.78 is 4.90. The molecule has 0 bridgehead atoms. The largest absolute Gasteiger partial charge is 0.496 e. The van der Waals surface area contributed by atoms with Crippen molar-refractivity contribution in [3.63, 3.8) is 0 Å². The van der Waals surface area contributed by atoms with Crippen LogP contribution in [0.15, 0.2) is 12.1 Å². The summed E-state index contributed by atoms with van der Waals surface area (Å²) in [5.74, 6) is -0.959. The van der Waals surface area contributed by atoms with Gasteiger partial charge in [-0.15, -0.1) is 0 Å². The van der Waals surface area contributed by atoms with Gasteiger partial charge in [-0.1, -0.05) is 0 Å². The number of aromatic carboxylic acids is 1. The van der Waals surface area contributed by atoms with E-state index in [4.69, 9.17) is 20.8 Å². The van der Waals surface area contributed by atoms with Crippen LogP contribution < -0.4 is 10.5 Å². The molecule has 0 fully saturated rings. The molecule has 0 spiro atoms. The van der Waals surface area contributed by atoms with Gasteiger partial charge in [0.25, 0.3) is 0 Å². The van der Waals surface area contributed by atoms with Gasteiger partial charge in [-0.05, 0) is 17.7 Å². The van der Waals surface area contributed by atoms with E-state index < -0.39 is 5.97 Å². The molecular formula is C10H10N2O3. The maximum atomic E-state index is 10.9.